The van der Waals surface area contributed by atoms with Gasteiger partial charge in [0.2, 0.25) is 12.2 Å². The number of rotatable bonds is 26. The maximum atomic E-state index is 13.0. The second-order valence-corrected chi connectivity index (χ2v) is 11.8. The highest BCUT2D eigenvalue weighted by Gasteiger charge is 2.26. The second-order valence-electron chi connectivity index (χ2n) is 11.8. The number of phenols is 2. The molecule has 1 amide bonds. The van der Waals surface area contributed by atoms with E-state index >= 15 is 0 Å². The highest BCUT2D eigenvalue weighted by molar-refractivity contribution is 5.85. The number of amides is 1. The van der Waals surface area contributed by atoms with Crippen molar-refractivity contribution in [1.29, 1.82) is 0 Å². The zero-order valence-electron chi connectivity index (χ0n) is 29.9. The van der Waals surface area contributed by atoms with E-state index in [9.17, 15) is 24.6 Å². The average Bonchev–Trinajstić information content (AvgIpc) is 3.07. The molecule has 0 aliphatic carbocycles. The highest BCUT2D eigenvalue weighted by Crippen LogP contribution is 2.25. The fraction of sp³-hybridized carbons (Fsp3) is 0.488. The smallest absolute Gasteiger partial charge is 0.332 e. The van der Waals surface area contributed by atoms with Gasteiger partial charge < -0.3 is 25.0 Å². The van der Waals surface area contributed by atoms with Crippen LogP contribution in [-0.2, 0) is 30.3 Å². The topological polar surface area (TPSA) is 122 Å². The molecular formula is C41H59NO7. The number of allylic oxidation sites excluding steroid dienone is 12. The van der Waals surface area contributed by atoms with E-state index < -0.39 is 24.3 Å². The lowest BCUT2D eigenvalue weighted by Crippen LogP contribution is -2.44. The van der Waals surface area contributed by atoms with Crippen molar-refractivity contribution in [2.75, 3.05) is 0 Å². The van der Waals surface area contributed by atoms with Crippen LogP contribution in [0.2, 0.25) is 0 Å². The highest BCUT2D eigenvalue weighted by atomic mass is 16.7. The molecule has 0 radical (unpaired) electrons. The summed E-state index contributed by atoms with van der Waals surface area (Å²) < 4.78 is 10.6. The van der Waals surface area contributed by atoms with Gasteiger partial charge in [-0.15, -0.1) is 0 Å². The van der Waals surface area contributed by atoms with Gasteiger partial charge in [0, 0.05) is 26.2 Å². The molecule has 270 valence electrons. The Morgan fingerprint density at radius 3 is 1.80 bits per heavy atom. The molecule has 0 spiro atoms. The molecule has 0 bridgehead atoms. The summed E-state index contributed by atoms with van der Waals surface area (Å²) in [5, 5.41) is 22.2. The minimum Gasteiger partial charge on any atom is -0.504 e. The normalized spacial score (nSPS) is 13.4. The number of benzene rings is 1. The van der Waals surface area contributed by atoms with Crippen LogP contribution in [0.5, 0.6) is 11.5 Å². The number of hydrogen-bond acceptors (Lipinski definition) is 7. The van der Waals surface area contributed by atoms with Crippen molar-refractivity contribution in [3.8, 4) is 11.5 Å². The summed E-state index contributed by atoms with van der Waals surface area (Å²) in [5.74, 6) is -2.19. The van der Waals surface area contributed by atoms with Gasteiger partial charge in [0.25, 0.3) is 0 Å². The molecule has 0 aromatic heterocycles. The van der Waals surface area contributed by atoms with Crippen molar-refractivity contribution in [3.05, 3.63) is 96.7 Å². The maximum Gasteiger partial charge on any atom is 0.332 e. The molecule has 1 unspecified atom stereocenters. The number of nitrogens with one attached hydrogen (secondary N) is 1. The number of unbranched alkanes of at least 4 members (excludes halogenated alkanes) is 4. The minimum atomic E-state index is -1.12. The van der Waals surface area contributed by atoms with Crippen LogP contribution in [-0.4, -0.2) is 40.4 Å². The first-order valence-electron chi connectivity index (χ1n) is 17.9. The Morgan fingerprint density at radius 2 is 1.24 bits per heavy atom. The lowest BCUT2D eigenvalue weighted by molar-refractivity contribution is -0.186. The molecule has 2 atom stereocenters. The minimum absolute atomic E-state index is 0.0103. The van der Waals surface area contributed by atoms with Crippen LogP contribution < -0.4 is 5.32 Å². The van der Waals surface area contributed by atoms with Crippen LogP contribution >= 0.6 is 0 Å². The molecule has 8 heteroatoms. The van der Waals surface area contributed by atoms with Gasteiger partial charge in [-0.1, -0.05) is 119 Å². The SMILES string of the molecule is CC/C=C\C/C=C\C/C=C\C/C=C\C/C=C\C/C=C\CCC(=O)N[C@@H](Cc1ccc(O)c(O)c1)C(=O)OC(C)OC(=O)CCCCCCC. The number of esters is 2. The Balaban J connectivity index is 2.47. The van der Waals surface area contributed by atoms with E-state index in [2.05, 4.69) is 79.9 Å². The standard InChI is InChI=1S/C41H59NO7/c1-4-6-8-10-11-12-13-14-15-16-17-18-19-20-21-22-23-25-26-28-39(45)42-36(32-35-30-31-37(43)38(44)33-35)41(47)49-34(3)48-40(46)29-27-24-9-7-5-2/h6,8,11-12,14-15,17-18,20-21,23,25,30-31,33-34,36,43-44H,4-5,7,9-10,13,16,19,22,24,26-29,32H2,1-3H3,(H,42,45)/b8-6-,12-11-,15-14-,18-17-,21-20-,25-23-/t34?,36-/m0/s1. The molecule has 0 aliphatic heterocycles. The summed E-state index contributed by atoms with van der Waals surface area (Å²) in [6.07, 6.45) is 35.7. The van der Waals surface area contributed by atoms with E-state index in [0.29, 0.717) is 18.4 Å². The average molecular weight is 678 g/mol. The van der Waals surface area contributed by atoms with Crippen LogP contribution in [0.25, 0.3) is 0 Å². The van der Waals surface area contributed by atoms with Gasteiger partial charge in [0.05, 0.1) is 0 Å². The van der Waals surface area contributed by atoms with Crippen LogP contribution in [0, 0.1) is 0 Å². The fourth-order valence-electron chi connectivity index (χ4n) is 4.63. The van der Waals surface area contributed by atoms with Crippen molar-refractivity contribution in [2.45, 2.75) is 129 Å². The summed E-state index contributed by atoms with van der Waals surface area (Å²) in [4.78, 5) is 38.0. The first-order valence-corrected chi connectivity index (χ1v) is 17.9. The Labute approximate surface area is 294 Å². The molecule has 0 saturated heterocycles. The third kappa shape index (κ3) is 23.6. The summed E-state index contributed by atoms with van der Waals surface area (Å²) >= 11 is 0. The Hall–Kier alpha value is -4.33. The number of carbonyl (C=O) groups excluding carboxylic acids is 3. The lowest BCUT2D eigenvalue weighted by Gasteiger charge is -2.21. The predicted molar refractivity (Wildman–Crippen MR) is 198 cm³/mol. The van der Waals surface area contributed by atoms with Gasteiger partial charge in [0.15, 0.2) is 11.5 Å². The molecule has 1 aromatic carbocycles. The third-order valence-corrected chi connectivity index (χ3v) is 7.30. The number of aromatic hydroxyl groups is 2. The van der Waals surface area contributed by atoms with Crippen molar-refractivity contribution < 1.29 is 34.1 Å². The number of hydrogen-bond donors (Lipinski definition) is 3. The molecule has 3 N–H and O–H groups in total. The van der Waals surface area contributed by atoms with Crippen molar-refractivity contribution in [3.63, 3.8) is 0 Å². The van der Waals surface area contributed by atoms with E-state index in [-0.39, 0.29) is 36.7 Å². The molecule has 49 heavy (non-hydrogen) atoms. The monoisotopic (exact) mass is 677 g/mol. The molecule has 0 fully saturated rings. The first kappa shape index (κ1) is 42.7. The van der Waals surface area contributed by atoms with E-state index in [4.69, 9.17) is 9.47 Å². The lowest BCUT2D eigenvalue weighted by atomic mass is 10.0. The largest absolute Gasteiger partial charge is 0.504 e. The Kier molecular flexibility index (Phi) is 25.0. The fourth-order valence-corrected chi connectivity index (χ4v) is 4.63. The van der Waals surface area contributed by atoms with Gasteiger partial charge in [-0.2, -0.15) is 0 Å². The van der Waals surface area contributed by atoms with Crippen molar-refractivity contribution in [1.82, 2.24) is 5.32 Å². The molecule has 0 saturated carbocycles. The number of phenolic OH excluding ortho intramolecular Hbond substituents is 2. The number of carbonyl (C=O) groups is 3. The van der Waals surface area contributed by atoms with Gasteiger partial charge in [-0.25, -0.2) is 4.79 Å². The van der Waals surface area contributed by atoms with Crippen LogP contribution in [0.1, 0.15) is 116 Å². The summed E-state index contributed by atoms with van der Waals surface area (Å²) in [6, 6.07) is 3.08. The van der Waals surface area contributed by atoms with Crippen LogP contribution in [0.4, 0.5) is 0 Å². The summed E-state index contributed by atoms with van der Waals surface area (Å²) in [7, 11) is 0. The Bertz CT molecular complexity index is 1260. The zero-order chi connectivity index (χ0) is 36.0. The molecule has 8 nitrogen and oxygen atoms in total. The quantitative estimate of drug-likeness (QED) is 0.0294. The van der Waals surface area contributed by atoms with E-state index in [1.54, 1.807) is 6.07 Å². The van der Waals surface area contributed by atoms with Crippen molar-refractivity contribution >= 4 is 17.8 Å². The zero-order valence-corrected chi connectivity index (χ0v) is 29.9. The van der Waals surface area contributed by atoms with E-state index in [1.165, 1.54) is 19.1 Å². The molecule has 1 rings (SSSR count). The maximum absolute atomic E-state index is 13.0. The van der Waals surface area contributed by atoms with Gasteiger partial charge in [-0.05, 0) is 69.1 Å². The molecule has 0 heterocycles. The van der Waals surface area contributed by atoms with Crippen LogP contribution in [0.15, 0.2) is 91.1 Å². The summed E-state index contributed by atoms with van der Waals surface area (Å²) in [6.45, 7) is 5.72. The second kappa shape index (κ2) is 28.7. The van der Waals surface area contributed by atoms with E-state index in [0.717, 1.165) is 64.2 Å². The first-order chi connectivity index (χ1) is 23.8. The van der Waals surface area contributed by atoms with Gasteiger partial charge in [0.1, 0.15) is 6.04 Å². The third-order valence-electron chi connectivity index (χ3n) is 7.30. The molecule has 1 aromatic rings. The number of ether oxygens (including phenoxy) is 2. The van der Waals surface area contributed by atoms with Crippen LogP contribution in [0.3, 0.4) is 0 Å². The molecule has 0 aliphatic rings. The summed E-state index contributed by atoms with van der Waals surface area (Å²) in [5.41, 5.74) is 0.506. The van der Waals surface area contributed by atoms with Crippen molar-refractivity contribution in [2.24, 2.45) is 0 Å². The predicted octanol–water partition coefficient (Wildman–Crippen LogP) is 9.40. The van der Waals surface area contributed by atoms with Gasteiger partial charge >= 0.3 is 11.9 Å². The van der Waals surface area contributed by atoms with Gasteiger partial charge in [-0.3, -0.25) is 9.59 Å². The molecular weight excluding hydrogens is 618 g/mol. The Morgan fingerprint density at radius 1 is 0.694 bits per heavy atom. The van der Waals surface area contributed by atoms with E-state index in [1.807, 2.05) is 12.2 Å².